The molecule has 0 radical (unpaired) electrons. The highest BCUT2D eigenvalue weighted by molar-refractivity contribution is 7.20. The van der Waals surface area contributed by atoms with Gasteiger partial charge < -0.3 is 4.42 Å². The minimum atomic E-state index is -3.14. The number of benzene rings is 6. The fourth-order valence-electron chi connectivity index (χ4n) is 8.14. The molecule has 0 saturated heterocycles. The van der Waals surface area contributed by atoms with Gasteiger partial charge in [-0.2, -0.15) is 0 Å². The molecule has 4 heterocycles. The maximum absolute atomic E-state index is 7.14. The van der Waals surface area contributed by atoms with Crippen LogP contribution < -0.4 is 20.7 Å². The van der Waals surface area contributed by atoms with Crippen molar-refractivity contribution in [2.24, 2.45) is 0 Å². The molecule has 0 amide bonds. The van der Waals surface area contributed by atoms with Gasteiger partial charge in [0, 0.05) is 39.5 Å². The summed E-state index contributed by atoms with van der Waals surface area (Å²) in [7, 11) is -3.14. The van der Waals surface area contributed by atoms with E-state index in [1.807, 2.05) is 24.5 Å². The highest BCUT2D eigenvalue weighted by atomic mass is 28.3. The first-order valence-corrected chi connectivity index (χ1v) is 19.2. The largest absolute Gasteiger partial charge is 0.456 e. The van der Waals surface area contributed by atoms with Crippen molar-refractivity contribution in [3.63, 3.8) is 0 Å². The molecule has 10 rings (SSSR count). The second kappa shape index (κ2) is 11.8. The number of aromatic nitrogens is 3. The molecule has 0 aliphatic heterocycles. The maximum Gasteiger partial charge on any atom is 0.184 e. The molecule has 4 nitrogen and oxygen atoms in total. The van der Waals surface area contributed by atoms with Crippen LogP contribution in [0.3, 0.4) is 0 Å². The zero-order chi connectivity index (χ0) is 33.8. The van der Waals surface area contributed by atoms with E-state index in [9.17, 15) is 0 Å². The second-order valence-corrected chi connectivity index (χ2v) is 16.7. The number of nitrogens with zero attached hydrogens (tertiary/aromatic N) is 3. The van der Waals surface area contributed by atoms with Crippen molar-refractivity contribution >= 4 is 72.6 Å². The number of fused-ring (bicyclic) bond motifs is 7. The minimum absolute atomic E-state index is 0.877. The third-order valence-electron chi connectivity index (χ3n) is 10.2. The van der Waals surface area contributed by atoms with Crippen LogP contribution in [0.25, 0.3) is 60.8 Å². The van der Waals surface area contributed by atoms with Gasteiger partial charge in [-0.1, -0.05) is 133 Å². The molecule has 51 heavy (non-hydrogen) atoms. The fourth-order valence-corrected chi connectivity index (χ4v) is 13.1. The van der Waals surface area contributed by atoms with Gasteiger partial charge in [0.15, 0.2) is 8.07 Å². The van der Waals surface area contributed by atoms with Gasteiger partial charge in [-0.15, -0.1) is 0 Å². The maximum atomic E-state index is 7.14. The number of rotatable bonds is 6. The Morgan fingerprint density at radius 1 is 0.471 bits per heavy atom. The third kappa shape index (κ3) is 4.45. The lowest BCUT2D eigenvalue weighted by molar-refractivity contribution is 0.671. The standard InChI is InChI=1S/C46H31N3OSi/c1-3-17-33(18-4-1)51(34-19-5-2-6-20-34,35-21-15-16-32(30-35)38-24-11-13-28-47-38)42-31-40-44(45-37-23-8-10-26-41(37)50-46(42)45)36-22-7-9-25-39(36)49(40)43-27-12-14-29-48-43/h1-31H. The number of para-hydroxylation sites is 2. The van der Waals surface area contributed by atoms with E-state index < -0.39 is 8.07 Å². The number of pyridine rings is 2. The molecule has 0 unspecified atom stereocenters. The van der Waals surface area contributed by atoms with E-state index in [1.165, 1.54) is 31.5 Å². The average Bonchev–Trinajstić information content (AvgIpc) is 3.76. The summed E-state index contributed by atoms with van der Waals surface area (Å²) in [6, 6.07) is 62.9. The van der Waals surface area contributed by atoms with Crippen molar-refractivity contribution in [1.29, 1.82) is 0 Å². The SMILES string of the molecule is c1ccc([Si](c2ccccc2)(c2cccc(-c3ccccn3)c2)c2cc3c(c4ccccc4n3-c3ccccn3)c3c2oc2ccccc23)cc1. The topological polar surface area (TPSA) is 43.9 Å². The van der Waals surface area contributed by atoms with E-state index in [0.29, 0.717) is 0 Å². The lowest BCUT2D eigenvalue weighted by Crippen LogP contribution is -2.74. The summed E-state index contributed by atoms with van der Waals surface area (Å²) in [5, 5.41) is 9.58. The highest BCUT2D eigenvalue weighted by Crippen LogP contribution is 2.41. The first kappa shape index (κ1) is 29.4. The predicted molar refractivity (Wildman–Crippen MR) is 213 cm³/mol. The van der Waals surface area contributed by atoms with Gasteiger partial charge in [0.2, 0.25) is 0 Å². The Morgan fingerprint density at radius 3 is 1.84 bits per heavy atom. The van der Waals surface area contributed by atoms with E-state index in [2.05, 4.69) is 168 Å². The molecule has 10 aromatic rings. The van der Waals surface area contributed by atoms with Crippen LogP contribution in [0.4, 0.5) is 0 Å². The molecule has 4 aromatic heterocycles. The van der Waals surface area contributed by atoms with Crippen molar-refractivity contribution < 1.29 is 4.42 Å². The van der Waals surface area contributed by atoms with Crippen LogP contribution in [-0.2, 0) is 0 Å². The van der Waals surface area contributed by atoms with E-state index >= 15 is 0 Å². The third-order valence-corrected chi connectivity index (χ3v) is 15.0. The molecule has 0 saturated carbocycles. The Balaban J connectivity index is 1.46. The predicted octanol–water partition coefficient (Wildman–Crippen LogP) is 8.52. The van der Waals surface area contributed by atoms with Crippen LogP contribution in [0, 0.1) is 0 Å². The van der Waals surface area contributed by atoms with Crippen molar-refractivity contribution in [2.45, 2.75) is 0 Å². The molecule has 240 valence electrons. The summed E-state index contributed by atoms with van der Waals surface area (Å²) < 4.78 is 9.47. The summed E-state index contributed by atoms with van der Waals surface area (Å²) in [6.07, 6.45) is 3.74. The normalized spacial score (nSPS) is 11.9. The first-order valence-electron chi connectivity index (χ1n) is 17.2. The molecule has 0 aliphatic carbocycles. The van der Waals surface area contributed by atoms with E-state index in [4.69, 9.17) is 14.4 Å². The van der Waals surface area contributed by atoms with Gasteiger partial charge >= 0.3 is 0 Å². The van der Waals surface area contributed by atoms with Crippen LogP contribution >= 0.6 is 0 Å². The second-order valence-electron chi connectivity index (χ2n) is 12.9. The molecular weight excluding hydrogens is 639 g/mol. The van der Waals surface area contributed by atoms with E-state index in [-0.39, 0.29) is 0 Å². The monoisotopic (exact) mass is 669 g/mol. The van der Waals surface area contributed by atoms with E-state index in [1.54, 1.807) is 0 Å². The molecule has 0 atom stereocenters. The van der Waals surface area contributed by atoms with Crippen LogP contribution in [0.5, 0.6) is 0 Å². The molecule has 0 fully saturated rings. The summed E-state index contributed by atoms with van der Waals surface area (Å²) in [6.45, 7) is 0. The summed E-state index contributed by atoms with van der Waals surface area (Å²) in [5.74, 6) is 0.880. The fraction of sp³-hybridized carbons (Fsp3) is 0. The van der Waals surface area contributed by atoms with Crippen LogP contribution in [0.1, 0.15) is 0 Å². The minimum Gasteiger partial charge on any atom is -0.456 e. The quantitative estimate of drug-likeness (QED) is 0.132. The van der Waals surface area contributed by atoms with Gasteiger partial charge in [0.1, 0.15) is 17.0 Å². The van der Waals surface area contributed by atoms with Crippen molar-refractivity contribution in [3.8, 4) is 17.1 Å². The molecule has 5 heteroatoms. The Kier molecular flexibility index (Phi) is 6.79. The first-order chi connectivity index (χ1) is 25.3. The van der Waals surface area contributed by atoms with Crippen LogP contribution in [0.15, 0.2) is 193 Å². The Morgan fingerprint density at radius 2 is 1.12 bits per heavy atom. The van der Waals surface area contributed by atoms with Gasteiger partial charge in [-0.05, 0) is 63.2 Å². The highest BCUT2D eigenvalue weighted by Gasteiger charge is 2.44. The summed E-state index contributed by atoms with van der Waals surface area (Å²) in [5.41, 5.74) is 6.05. The van der Waals surface area contributed by atoms with Crippen LogP contribution in [-0.4, -0.2) is 22.6 Å². The molecule has 0 spiro atoms. The number of furan rings is 1. The molecular formula is C46H31N3OSi. The zero-order valence-electron chi connectivity index (χ0n) is 27.6. The summed E-state index contributed by atoms with van der Waals surface area (Å²) >= 11 is 0. The smallest absolute Gasteiger partial charge is 0.184 e. The average molecular weight is 670 g/mol. The van der Waals surface area contributed by atoms with Crippen molar-refractivity contribution in [3.05, 3.63) is 188 Å². The Labute approximate surface area is 295 Å². The number of hydrogen-bond donors (Lipinski definition) is 0. The number of hydrogen-bond acceptors (Lipinski definition) is 3. The lowest BCUT2D eigenvalue weighted by atomic mass is 10.1. The molecule has 6 aromatic carbocycles. The Hall–Kier alpha value is -6.56. The molecule has 0 bridgehead atoms. The van der Waals surface area contributed by atoms with Gasteiger partial charge in [-0.25, -0.2) is 4.98 Å². The Bertz CT molecular complexity index is 2810. The molecule has 0 aliphatic rings. The summed E-state index contributed by atoms with van der Waals surface area (Å²) in [4.78, 5) is 9.67. The molecule has 0 N–H and O–H groups in total. The van der Waals surface area contributed by atoms with E-state index in [0.717, 1.165) is 50.0 Å². The van der Waals surface area contributed by atoms with Gasteiger partial charge in [0.05, 0.1) is 16.7 Å². The van der Waals surface area contributed by atoms with Gasteiger partial charge in [0.25, 0.3) is 0 Å². The zero-order valence-corrected chi connectivity index (χ0v) is 28.6. The van der Waals surface area contributed by atoms with Crippen LogP contribution in [0.2, 0.25) is 0 Å². The van der Waals surface area contributed by atoms with Crippen molar-refractivity contribution in [1.82, 2.24) is 14.5 Å². The van der Waals surface area contributed by atoms with Gasteiger partial charge in [-0.3, -0.25) is 9.55 Å². The van der Waals surface area contributed by atoms with Crippen molar-refractivity contribution in [2.75, 3.05) is 0 Å². The lowest BCUT2D eigenvalue weighted by Gasteiger charge is -2.34.